The van der Waals surface area contributed by atoms with Crippen molar-refractivity contribution in [3.05, 3.63) is 12.2 Å². The Bertz CT molecular complexity index is 125. The first kappa shape index (κ1) is 7.80. The molecule has 1 nitrogen and oxygen atoms in total. The molecule has 1 heteroatoms. The summed E-state index contributed by atoms with van der Waals surface area (Å²) >= 11 is 0. The van der Waals surface area contributed by atoms with Crippen LogP contribution in [0.4, 0.5) is 0 Å². The predicted molar refractivity (Wildman–Crippen MR) is 42.8 cm³/mol. The predicted octanol–water partition coefficient (Wildman–Crippen LogP) is 2.26. The minimum absolute atomic E-state index is 0.398. The monoisotopic (exact) mass is 140 g/mol. The van der Waals surface area contributed by atoms with Crippen LogP contribution in [0.25, 0.3) is 0 Å². The zero-order valence-electron chi connectivity index (χ0n) is 6.64. The van der Waals surface area contributed by atoms with Gasteiger partial charge in [0.25, 0.3) is 0 Å². The van der Waals surface area contributed by atoms with E-state index in [1.807, 2.05) is 6.92 Å². The maximum absolute atomic E-state index is 9.65. The minimum Gasteiger partial charge on any atom is -0.390 e. The zero-order chi connectivity index (χ0) is 7.45. The lowest BCUT2D eigenvalue weighted by atomic mass is 9.91. The van der Waals surface area contributed by atoms with E-state index in [2.05, 4.69) is 12.2 Å². The van der Waals surface area contributed by atoms with E-state index in [0.29, 0.717) is 0 Å². The molecule has 1 aliphatic carbocycles. The molecule has 0 aromatic carbocycles. The van der Waals surface area contributed by atoms with Crippen molar-refractivity contribution >= 4 is 0 Å². The van der Waals surface area contributed by atoms with Gasteiger partial charge in [0, 0.05) is 0 Å². The molecule has 0 aliphatic heterocycles. The molecule has 1 aliphatic rings. The first-order valence-corrected chi connectivity index (χ1v) is 4.08. The van der Waals surface area contributed by atoms with E-state index >= 15 is 0 Å². The van der Waals surface area contributed by atoms with Gasteiger partial charge in [0.2, 0.25) is 0 Å². The highest BCUT2D eigenvalue weighted by atomic mass is 16.3. The Kier molecular flexibility index (Phi) is 2.50. The molecule has 0 saturated carbocycles. The van der Waals surface area contributed by atoms with Crippen LogP contribution in [0.15, 0.2) is 12.2 Å². The Morgan fingerprint density at radius 3 is 2.70 bits per heavy atom. The van der Waals surface area contributed by atoms with Crippen molar-refractivity contribution in [2.75, 3.05) is 0 Å². The molecule has 0 heterocycles. The average molecular weight is 140 g/mol. The SMILES string of the molecule is CC1(O)CC/C=C\CCC1. The highest BCUT2D eigenvalue weighted by Gasteiger charge is 2.18. The van der Waals surface area contributed by atoms with Gasteiger partial charge >= 0.3 is 0 Å². The number of hydrogen-bond acceptors (Lipinski definition) is 1. The molecular formula is C9H16O. The summed E-state index contributed by atoms with van der Waals surface area (Å²) in [6.45, 7) is 1.94. The van der Waals surface area contributed by atoms with Crippen molar-refractivity contribution in [2.24, 2.45) is 0 Å². The number of allylic oxidation sites excluding steroid dienone is 2. The molecular weight excluding hydrogens is 124 g/mol. The molecule has 0 amide bonds. The van der Waals surface area contributed by atoms with Gasteiger partial charge in [-0.05, 0) is 39.0 Å². The van der Waals surface area contributed by atoms with Crippen molar-refractivity contribution in [1.82, 2.24) is 0 Å². The first-order valence-electron chi connectivity index (χ1n) is 4.08. The smallest absolute Gasteiger partial charge is 0.0622 e. The highest BCUT2D eigenvalue weighted by molar-refractivity contribution is 4.88. The average Bonchev–Trinajstić information content (AvgIpc) is 1.81. The molecule has 0 aromatic rings. The van der Waals surface area contributed by atoms with Gasteiger partial charge < -0.3 is 5.11 Å². The van der Waals surface area contributed by atoms with Gasteiger partial charge in [0.05, 0.1) is 5.60 Å². The molecule has 0 fully saturated rings. The van der Waals surface area contributed by atoms with E-state index in [0.717, 1.165) is 32.1 Å². The Balaban J connectivity index is 2.43. The molecule has 0 aromatic heterocycles. The Morgan fingerprint density at radius 2 is 1.90 bits per heavy atom. The van der Waals surface area contributed by atoms with Gasteiger partial charge in [-0.3, -0.25) is 0 Å². The van der Waals surface area contributed by atoms with Gasteiger partial charge in [-0.2, -0.15) is 0 Å². The lowest BCUT2D eigenvalue weighted by Gasteiger charge is -2.23. The first-order chi connectivity index (χ1) is 4.71. The van der Waals surface area contributed by atoms with Gasteiger partial charge in [-0.25, -0.2) is 0 Å². The van der Waals surface area contributed by atoms with Gasteiger partial charge in [-0.1, -0.05) is 12.2 Å². The van der Waals surface area contributed by atoms with Gasteiger partial charge in [0.1, 0.15) is 0 Å². The maximum Gasteiger partial charge on any atom is 0.0622 e. The third-order valence-electron chi connectivity index (χ3n) is 2.10. The van der Waals surface area contributed by atoms with E-state index < -0.39 is 5.60 Å². The fourth-order valence-corrected chi connectivity index (χ4v) is 1.36. The highest BCUT2D eigenvalue weighted by Crippen LogP contribution is 2.22. The molecule has 0 spiro atoms. The lowest BCUT2D eigenvalue weighted by Crippen LogP contribution is -2.23. The second kappa shape index (κ2) is 3.20. The minimum atomic E-state index is -0.398. The normalized spacial score (nSPS) is 38.2. The Hall–Kier alpha value is -0.300. The standard InChI is InChI=1S/C9H16O/c1-9(10)7-5-3-2-4-6-8-9/h2-3,10H,4-8H2,1H3/b3-2-. The van der Waals surface area contributed by atoms with Crippen molar-refractivity contribution < 1.29 is 5.11 Å². The summed E-state index contributed by atoms with van der Waals surface area (Å²) in [4.78, 5) is 0. The topological polar surface area (TPSA) is 20.2 Å². The van der Waals surface area contributed by atoms with Gasteiger partial charge in [-0.15, -0.1) is 0 Å². The third-order valence-corrected chi connectivity index (χ3v) is 2.10. The maximum atomic E-state index is 9.65. The van der Waals surface area contributed by atoms with Crippen LogP contribution in [-0.4, -0.2) is 10.7 Å². The third kappa shape index (κ3) is 2.53. The molecule has 1 N–H and O–H groups in total. The Morgan fingerprint density at radius 1 is 1.20 bits per heavy atom. The van der Waals surface area contributed by atoms with E-state index in [4.69, 9.17) is 0 Å². The number of hydrogen-bond donors (Lipinski definition) is 1. The molecule has 1 atom stereocenters. The summed E-state index contributed by atoms with van der Waals surface area (Å²) in [5.74, 6) is 0. The van der Waals surface area contributed by atoms with Crippen LogP contribution < -0.4 is 0 Å². The summed E-state index contributed by atoms with van der Waals surface area (Å²) in [6.07, 6.45) is 9.57. The summed E-state index contributed by atoms with van der Waals surface area (Å²) in [5, 5.41) is 9.65. The summed E-state index contributed by atoms with van der Waals surface area (Å²) in [5.41, 5.74) is -0.398. The lowest BCUT2D eigenvalue weighted by molar-refractivity contribution is 0.0402. The zero-order valence-corrected chi connectivity index (χ0v) is 6.64. The van der Waals surface area contributed by atoms with Gasteiger partial charge in [0.15, 0.2) is 0 Å². The number of rotatable bonds is 0. The van der Waals surface area contributed by atoms with Crippen molar-refractivity contribution in [2.45, 2.75) is 44.6 Å². The van der Waals surface area contributed by atoms with Crippen LogP contribution in [0.3, 0.4) is 0 Å². The number of aliphatic hydroxyl groups is 1. The fourth-order valence-electron chi connectivity index (χ4n) is 1.36. The second-order valence-corrected chi connectivity index (χ2v) is 3.40. The molecule has 1 unspecified atom stereocenters. The molecule has 0 saturated heterocycles. The van der Waals surface area contributed by atoms with Crippen LogP contribution in [-0.2, 0) is 0 Å². The van der Waals surface area contributed by atoms with E-state index in [1.54, 1.807) is 0 Å². The van der Waals surface area contributed by atoms with Crippen LogP contribution in [0.1, 0.15) is 39.0 Å². The van der Waals surface area contributed by atoms with Crippen LogP contribution >= 0.6 is 0 Å². The summed E-state index contributed by atoms with van der Waals surface area (Å²) in [6, 6.07) is 0. The van der Waals surface area contributed by atoms with E-state index in [1.165, 1.54) is 0 Å². The Labute approximate surface area is 62.8 Å². The van der Waals surface area contributed by atoms with Crippen molar-refractivity contribution in [3.8, 4) is 0 Å². The fraction of sp³-hybridized carbons (Fsp3) is 0.778. The summed E-state index contributed by atoms with van der Waals surface area (Å²) < 4.78 is 0. The summed E-state index contributed by atoms with van der Waals surface area (Å²) in [7, 11) is 0. The van der Waals surface area contributed by atoms with E-state index in [-0.39, 0.29) is 0 Å². The second-order valence-electron chi connectivity index (χ2n) is 3.40. The van der Waals surface area contributed by atoms with Crippen molar-refractivity contribution in [1.29, 1.82) is 0 Å². The van der Waals surface area contributed by atoms with Crippen LogP contribution in [0.2, 0.25) is 0 Å². The molecule has 0 bridgehead atoms. The van der Waals surface area contributed by atoms with Crippen molar-refractivity contribution in [3.63, 3.8) is 0 Å². The van der Waals surface area contributed by atoms with E-state index in [9.17, 15) is 5.11 Å². The largest absolute Gasteiger partial charge is 0.390 e. The van der Waals surface area contributed by atoms with Crippen LogP contribution in [0, 0.1) is 0 Å². The quantitative estimate of drug-likeness (QED) is 0.512. The molecule has 0 radical (unpaired) electrons. The molecule has 10 heavy (non-hydrogen) atoms. The molecule has 1 rings (SSSR count). The molecule has 58 valence electrons. The van der Waals surface area contributed by atoms with Crippen LogP contribution in [0.5, 0.6) is 0 Å².